The minimum absolute atomic E-state index is 0.0924. The highest BCUT2D eigenvalue weighted by Crippen LogP contribution is 2.18. The van der Waals surface area contributed by atoms with Crippen molar-refractivity contribution in [2.75, 3.05) is 0 Å². The van der Waals surface area contributed by atoms with E-state index >= 15 is 0 Å². The van der Waals surface area contributed by atoms with Crippen molar-refractivity contribution >= 4 is 16.9 Å². The van der Waals surface area contributed by atoms with E-state index in [1.807, 2.05) is 31.2 Å². The van der Waals surface area contributed by atoms with Crippen LogP contribution in [0.25, 0.3) is 16.7 Å². The average Bonchev–Trinajstić information content (AvgIpc) is 3.31. The van der Waals surface area contributed by atoms with E-state index in [0.29, 0.717) is 11.4 Å². The van der Waals surface area contributed by atoms with Crippen molar-refractivity contribution in [3.63, 3.8) is 0 Å². The molecule has 0 saturated heterocycles. The van der Waals surface area contributed by atoms with Crippen LogP contribution in [0.3, 0.4) is 0 Å². The summed E-state index contributed by atoms with van der Waals surface area (Å²) in [6.45, 7) is 2.19. The normalized spacial score (nSPS) is 11.0. The van der Waals surface area contributed by atoms with Crippen LogP contribution in [-0.2, 0) is 13.6 Å². The molecule has 0 aliphatic heterocycles. The molecule has 0 atom stereocenters. The van der Waals surface area contributed by atoms with Gasteiger partial charge in [0.15, 0.2) is 11.2 Å². The van der Waals surface area contributed by atoms with Crippen LogP contribution in [0.2, 0.25) is 0 Å². The summed E-state index contributed by atoms with van der Waals surface area (Å²) in [4.78, 5) is 29.6. The van der Waals surface area contributed by atoms with Crippen molar-refractivity contribution < 1.29 is 9.21 Å². The van der Waals surface area contributed by atoms with Gasteiger partial charge in [0.05, 0.1) is 24.8 Å². The number of hydrogen-bond acceptors (Lipinski definition) is 5. The van der Waals surface area contributed by atoms with Gasteiger partial charge in [0.25, 0.3) is 11.5 Å². The molecule has 3 heterocycles. The standard InChI is InChI=1S/C19H17N5O3/c1-12-5-7-13(8-6-12)24-17-15(21-11-23(2)19(17)26)16(22-24)18(25)20-10-14-4-3-9-27-14/h3-9,11H,10H2,1-2H3,(H,20,25). The number of benzene rings is 1. The predicted molar refractivity (Wildman–Crippen MR) is 98.7 cm³/mol. The van der Waals surface area contributed by atoms with E-state index in [0.717, 1.165) is 5.56 Å². The molecular formula is C19H17N5O3. The Bertz CT molecular complexity index is 1170. The summed E-state index contributed by atoms with van der Waals surface area (Å²) in [5, 5.41) is 7.13. The van der Waals surface area contributed by atoms with Gasteiger partial charge in [-0.15, -0.1) is 0 Å². The van der Waals surface area contributed by atoms with Crippen molar-refractivity contribution in [1.82, 2.24) is 24.6 Å². The molecule has 0 unspecified atom stereocenters. The topological polar surface area (TPSA) is 94.9 Å². The van der Waals surface area contributed by atoms with Gasteiger partial charge in [-0.05, 0) is 31.2 Å². The molecule has 3 aromatic heterocycles. The number of amides is 1. The van der Waals surface area contributed by atoms with Gasteiger partial charge < -0.3 is 14.3 Å². The highest BCUT2D eigenvalue weighted by Gasteiger charge is 2.22. The molecule has 0 radical (unpaired) electrons. The van der Waals surface area contributed by atoms with Crippen LogP contribution in [-0.4, -0.2) is 25.2 Å². The Morgan fingerprint density at radius 2 is 2.00 bits per heavy atom. The summed E-state index contributed by atoms with van der Waals surface area (Å²) in [6.07, 6.45) is 2.92. The maximum Gasteiger partial charge on any atom is 0.279 e. The van der Waals surface area contributed by atoms with Crippen molar-refractivity contribution in [2.45, 2.75) is 13.5 Å². The lowest BCUT2D eigenvalue weighted by Gasteiger charge is -2.04. The second-order valence-electron chi connectivity index (χ2n) is 6.22. The van der Waals surface area contributed by atoms with Crippen LogP contribution in [0.15, 0.2) is 58.2 Å². The van der Waals surface area contributed by atoms with E-state index in [9.17, 15) is 9.59 Å². The first-order valence-corrected chi connectivity index (χ1v) is 8.36. The minimum atomic E-state index is -0.428. The Hall–Kier alpha value is -3.68. The summed E-state index contributed by atoms with van der Waals surface area (Å²) in [7, 11) is 1.61. The first-order valence-electron chi connectivity index (χ1n) is 8.36. The Balaban J connectivity index is 1.81. The Morgan fingerprint density at radius 1 is 1.22 bits per heavy atom. The summed E-state index contributed by atoms with van der Waals surface area (Å²) in [6, 6.07) is 11.0. The van der Waals surface area contributed by atoms with Gasteiger partial charge in [0.2, 0.25) is 0 Å². The van der Waals surface area contributed by atoms with Crippen LogP contribution >= 0.6 is 0 Å². The highest BCUT2D eigenvalue weighted by molar-refractivity contribution is 6.03. The molecule has 0 saturated carbocycles. The van der Waals surface area contributed by atoms with E-state index in [2.05, 4.69) is 15.4 Å². The molecule has 0 spiro atoms. The summed E-state index contributed by atoms with van der Waals surface area (Å²) >= 11 is 0. The monoisotopic (exact) mass is 363 g/mol. The number of carbonyl (C=O) groups excluding carboxylic acids is 1. The van der Waals surface area contributed by atoms with Crippen LogP contribution in [0, 0.1) is 6.92 Å². The van der Waals surface area contributed by atoms with Crippen molar-refractivity contribution in [2.24, 2.45) is 7.05 Å². The molecule has 27 heavy (non-hydrogen) atoms. The second kappa shape index (κ2) is 6.56. The summed E-state index contributed by atoms with van der Waals surface area (Å²) in [5.41, 5.74) is 2.09. The van der Waals surface area contributed by atoms with E-state index < -0.39 is 5.91 Å². The maximum atomic E-state index is 12.7. The number of aryl methyl sites for hydroxylation is 2. The van der Waals surface area contributed by atoms with Crippen LogP contribution in [0.4, 0.5) is 0 Å². The Kier molecular flexibility index (Phi) is 4.08. The number of aromatic nitrogens is 4. The molecule has 8 heteroatoms. The van der Waals surface area contributed by atoms with Crippen LogP contribution in [0.5, 0.6) is 0 Å². The lowest BCUT2D eigenvalue weighted by atomic mass is 10.2. The molecule has 1 N–H and O–H groups in total. The largest absolute Gasteiger partial charge is 0.467 e. The van der Waals surface area contributed by atoms with E-state index in [1.165, 1.54) is 21.8 Å². The number of fused-ring (bicyclic) bond motifs is 1. The molecule has 0 aliphatic carbocycles. The Morgan fingerprint density at radius 3 is 2.70 bits per heavy atom. The molecule has 0 aliphatic rings. The van der Waals surface area contributed by atoms with Gasteiger partial charge in [-0.2, -0.15) is 5.10 Å². The third kappa shape index (κ3) is 3.01. The van der Waals surface area contributed by atoms with E-state index in [1.54, 1.807) is 19.2 Å². The summed E-state index contributed by atoms with van der Waals surface area (Å²) < 4.78 is 8.04. The van der Waals surface area contributed by atoms with Gasteiger partial charge in [-0.3, -0.25) is 9.59 Å². The minimum Gasteiger partial charge on any atom is -0.467 e. The average molecular weight is 363 g/mol. The second-order valence-corrected chi connectivity index (χ2v) is 6.22. The lowest BCUT2D eigenvalue weighted by molar-refractivity contribution is 0.0944. The van der Waals surface area contributed by atoms with Gasteiger partial charge in [-0.1, -0.05) is 17.7 Å². The molecule has 1 aromatic carbocycles. The number of hydrogen-bond donors (Lipinski definition) is 1. The molecule has 136 valence electrons. The number of carbonyl (C=O) groups is 1. The maximum absolute atomic E-state index is 12.7. The third-order valence-electron chi connectivity index (χ3n) is 4.24. The zero-order valence-electron chi connectivity index (χ0n) is 14.8. The van der Waals surface area contributed by atoms with Gasteiger partial charge in [0, 0.05) is 7.05 Å². The fourth-order valence-corrected chi connectivity index (χ4v) is 2.78. The number of nitrogens with zero attached hydrogens (tertiary/aromatic N) is 4. The molecule has 0 fully saturated rings. The number of nitrogens with one attached hydrogen (secondary N) is 1. The number of rotatable bonds is 4. The van der Waals surface area contributed by atoms with Gasteiger partial charge in [-0.25, -0.2) is 9.67 Å². The molecular weight excluding hydrogens is 346 g/mol. The highest BCUT2D eigenvalue weighted by atomic mass is 16.3. The van der Waals surface area contributed by atoms with Crippen molar-refractivity contribution in [3.05, 3.63) is 76.4 Å². The van der Waals surface area contributed by atoms with Gasteiger partial charge in [0.1, 0.15) is 11.3 Å². The van der Waals surface area contributed by atoms with Crippen molar-refractivity contribution in [1.29, 1.82) is 0 Å². The smallest absolute Gasteiger partial charge is 0.279 e. The van der Waals surface area contributed by atoms with Crippen molar-refractivity contribution in [3.8, 4) is 5.69 Å². The molecule has 4 rings (SSSR count). The first kappa shape index (κ1) is 16.8. The predicted octanol–water partition coefficient (Wildman–Crippen LogP) is 1.95. The first-order chi connectivity index (χ1) is 13.0. The molecule has 8 nitrogen and oxygen atoms in total. The molecule has 0 bridgehead atoms. The molecule has 1 amide bonds. The van der Waals surface area contributed by atoms with Crippen LogP contribution < -0.4 is 10.9 Å². The van der Waals surface area contributed by atoms with E-state index in [4.69, 9.17) is 4.42 Å². The fraction of sp³-hybridized carbons (Fsp3) is 0.158. The third-order valence-corrected chi connectivity index (χ3v) is 4.24. The number of furan rings is 1. The van der Waals surface area contributed by atoms with Crippen LogP contribution in [0.1, 0.15) is 21.8 Å². The SMILES string of the molecule is Cc1ccc(-n2nc(C(=O)NCc3ccco3)c3ncn(C)c(=O)c32)cc1. The quantitative estimate of drug-likeness (QED) is 0.598. The van der Waals surface area contributed by atoms with Gasteiger partial charge >= 0.3 is 0 Å². The molecule has 4 aromatic rings. The Labute approximate surface area is 154 Å². The fourth-order valence-electron chi connectivity index (χ4n) is 2.78. The zero-order chi connectivity index (χ0) is 19.0. The lowest BCUT2D eigenvalue weighted by Crippen LogP contribution is -2.23. The zero-order valence-corrected chi connectivity index (χ0v) is 14.8. The van der Waals surface area contributed by atoms with E-state index in [-0.39, 0.29) is 28.8 Å². The summed E-state index contributed by atoms with van der Waals surface area (Å²) in [5.74, 6) is 0.192.